The lowest BCUT2D eigenvalue weighted by atomic mass is 9.98. The number of benzene rings is 3. The Kier molecular flexibility index (Phi) is 6.49. The van der Waals surface area contributed by atoms with Gasteiger partial charge < -0.3 is 22.5 Å². The number of anilines is 3. The number of halogens is 1. The molecule has 0 atom stereocenters. The molecule has 1 aromatic heterocycles. The van der Waals surface area contributed by atoms with Crippen molar-refractivity contribution in [1.82, 2.24) is 15.5 Å². The van der Waals surface area contributed by atoms with Crippen molar-refractivity contribution < 1.29 is 9.18 Å². The van der Waals surface area contributed by atoms with Gasteiger partial charge in [0.2, 0.25) is 0 Å². The van der Waals surface area contributed by atoms with Gasteiger partial charge in [0.25, 0.3) is 0 Å². The van der Waals surface area contributed by atoms with Crippen LogP contribution in [0.4, 0.5) is 26.4 Å². The number of nitrogens with two attached hydrogens (primary N) is 3. The molecule has 3 aromatic carbocycles. The minimum absolute atomic E-state index is 0.0478. The Labute approximate surface area is 196 Å². The second kappa shape index (κ2) is 9.50. The highest BCUT2D eigenvalue weighted by Crippen LogP contribution is 2.35. The molecule has 4 rings (SSSR count). The summed E-state index contributed by atoms with van der Waals surface area (Å²) in [5.74, 6) is -0.168. The van der Waals surface area contributed by atoms with Gasteiger partial charge in [-0.25, -0.2) is 9.18 Å². The Morgan fingerprint density at radius 3 is 2.53 bits per heavy atom. The minimum atomic E-state index is -0.802. The summed E-state index contributed by atoms with van der Waals surface area (Å²) >= 11 is 0. The summed E-state index contributed by atoms with van der Waals surface area (Å²) in [5, 5.41) is 11.5. The van der Waals surface area contributed by atoms with Crippen molar-refractivity contribution in [1.29, 1.82) is 0 Å². The molecule has 4 aromatic rings. The van der Waals surface area contributed by atoms with E-state index in [1.807, 2.05) is 24.3 Å². The van der Waals surface area contributed by atoms with Gasteiger partial charge in [-0.2, -0.15) is 5.10 Å². The molecule has 0 fully saturated rings. The van der Waals surface area contributed by atoms with Crippen LogP contribution in [0.5, 0.6) is 0 Å². The summed E-state index contributed by atoms with van der Waals surface area (Å²) in [4.78, 5) is 13.4. The van der Waals surface area contributed by atoms with E-state index in [4.69, 9.17) is 17.2 Å². The van der Waals surface area contributed by atoms with Crippen molar-refractivity contribution in [3.8, 4) is 11.1 Å². The van der Waals surface area contributed by atoms with E-state index in [0.29, 0.717) is 29.7 Å². The van der Waals surface area contributed by atoms with Gasteiger partial charge in [0.15, 0.2) is 5.82 Å². The molecule has 0 aliphatic heterocycles. The van der Waals surface area contributed by atoms with Gasteiger partial charge >= 0.3 is 6.03 Å². The zero-order valence-corrected chi connectivity index (χ0v) is 19.1. The Morgan fingerprint density at radius 2 is 1.88 bits per heavy atom. The van der Waals surface area contributed by atoms with Crippen LogP contribution < -0.4 is 27.4 Å². The smallest absolute Gasteiger partial charge is 0.323 e. The fourth-order valence-electron chi connectivity index (χ4n) is 3.95. The molecular formula is C25H28FN7O. The van der Waals surface area contributed by atoms with Crippen molar-refractivity contribution in [3.05, 3.63) is 71.5 Å². The molecular weight excluding hydrogens is 433 g/mol. The van der Waals surface area contributed by atoms with Gasteiger partial charge in [-0.15, -0.1) is 0 Å². The molecule has 0 aliphatic carbocycles. The first-order valence-corrected chi connectivity index (χ1v) is 11.0. The molecule has 0 bridgehead atoms. The summed E-state index contributed by atoms with van der Waals surface area (Å²) in [6.07, 6.45) is 0. The van der Waals surface area contributed by atoms with Crippen LogP contribution in [-0.2, 0) is 13.1 Å². The number of nitrogens with zero attached hydrogens (tertiary/aromatic N) is 2. The summed E-state index contributed by atoms with van der Waals surface area (Å²) in [6.45, 7) is 5.06. The number of hydrogen-bond donors (Lipinski definition) is 5. The SMILES string of the molecule is CC(C)NCc1ccc(-c2ccc(N(C(N)=O)c3cc(CN)ccc3F)cc2)c2c(N)n[nH]c12. The summed E-state index contributed by atoms with van der Waals surface area (Å²) < 4.78 is 14.6. The largest absolute Gasteiger partial charge is 0.382 e. The zero-order valence-electron chi connectivity index (χ0n) is 19.1. The maximum Gasteiger partial charge on any atom is 0.323 e. The van der Waals surface area contributed by atoms with Gasteiger partial charge in [0.05, 0.1) is 22.3 Å². The lowest BCUT2D eigenvalue weighted by molar-refractivity contribution is 0.256. The van der Waals surface area contributed by atoms with Gasteiger partial charge in [-0.3, -0.25) is 10.00 Å². The average molecular weight is 462 g/mol. The number of carbonyl (C=O) groups is 1. The number of hydrogen-bond acceptors (Lipinski definition) is 5. The standard InChI is InChI=1S/C25H28FN7O/c1-14(2)30-13-17-6-9-19(22-23(17)31-32-24(22)28)16-4-7-18(8-5-16)33(25(29)34)21-11-15(12-27)3-10-20(21)26/h3-11,14,30H,12-13,27H2,1-2H3,(H2,29,34)(H3,28,31,32). The van der Waals surface area contributed by atoms with Crippen molar-refractivity contribution in [2.24, 2.45) is 11.5 Å². The van der Waals surface area contributed by atoms with Gasteiger partial charge in [0.1, 0.15) is 5.82 Å². The molecule has 9 heteroatoms. The lowest BCUT2D eigenvalue weighted by Gasteiger charge is -2.22. The van der Waals surface area contributed by atoms with E-state index in [2.05, 4.69) is 29.4 Å². The first kappa shape index (κ1) is 23.2. The third-order valence-corrected chi connectivity index (χ3v) is 5.68. The second-order valence-corrected chi connectivity index (χ2v) is 8.38. The highest BCUT2D eigenvalue weighted by molar-refractivity contribution is 6.03. The number of fused-ring (bicyclic) bond motifs is 1. The third-order valence-electron chi connectivity index (χ3n) is 5.68. The maximum atomic E-state index is 14.6. The highest BCUT2D eigenvalue weighted by atomic mass is 19.1. The van der Waals surface area contributed by atoms with Crippen molar-refractivity contribution in [3.63, 3.8) is 0 Å². The molecule has 0 saturated carbocycles. The van der Waals surface area contributed by atoms with Crippen LogP contribution in [-0.4, -0.2) is 22.3 Å². The van der Waals surface area contributed by atoms with E-state index >= 15 is 0 Å². The number of aromatic nitrogens is 2. The zero-order chi connectivity index (χ0) is 24.4. The van der Waals surface area contributed by atoms with Crippen molar-refractivity contribution in [2.75, 3.05) is 10.6 Å². The molecule has 34 heavy (non-hydrogen) atoms. The van der Waals surface area contributed by atoms with Crippen LogP contribution in [0.2, 0.25) is 0 Å². The predicted molar refractivity (Wildman–Crippen MR) is 134 cm³/mol. The number of nitrogens with one attached hydrogen (secondary N) is 2. The van der Waals surface area contributed by atoms with Crippen LogP contribution in [0.15, 0.2) is 54.6 Å². The van der Waals surface area contributed by atoms with E-state index < -0.39 is 11.8 Å². The monoisotopic (exact) mass is 461 g/mol. The van der Waals surface area contributed by atoms with E-state index in [1.165, 1.54) is 12.1 Å². The van der Waals surface area contributed by atoms with Crippen LogP contribution >= 0.6 is 0 Å². The average Bonchev–Trinajstić information content (AvgIpc) is 3.21. The van der Waals surface area contributed by atoms with E-state index in [0.717, 1.165) is 32.5 Å². The topological polar surface area (TPSA) is 139 Å². The highest BCUT2D eigenvalue weighted by Gasteiger charge is 2.20. The van der Waals surface area contributed by atoms with Crippen LogP contribution in [0, 0.1) is 5.82 Å². The molecule has 8 nitrogen and oxygen atoms in total. The van der Waals surface area contributed by atoms with Crippen LogP contribution in [0.3, 0.4) is 0 Å². The molecule has 2 amide bonds. The summed E-state index contributed by atoms with van der Waals surface area (Å²) in [5.41, 5.74) is 22.3. The quantitative estimate of drug-likeness (QED) is 0.282. The molecule has 0 aliphatic rings. The van der Waals surface area contributed by atoms with E-state index in [-0.39, 0.29) is 12.2 Å². The number of primary amides is 1. The van der Waals surface area contributed by atoms with Gasteiger partial charge in [0, 0.05) is 19.1 Å². The Morgan fingerprint density at radius 1 is 1.15 bits per heavy atom. The van der Waals surface area contributed by atoms with E-state index in [9.17, 15) is 9.18 Å². The molecule has 8 N–H and O–H groups in total. The normalized spacial score (nSPS) is 11.3. The molecule has 0 saturated heterocycles. The van der Waals surface area contributed by atoms with E-state index in [1.54, 1.807) is 18.2 Å². The fourth-order valence-corrected chi connectivity index (χ4v) is 3.95. The minimum Gasteiger partial charge on any atom is -0.382 e. The Balaban J connectivity index is 1.73. The first-order valence-electron chi connectivity index (χ1n) is 11.0. The van der Waals surface area contributed by atoms with Crippen LogP contribution in [0.1, 0.15) is 25.0 Å². The number of aromatic amines is 1. The predicted octanol–water partition coefficient (Wildman–Crippen LogP) is 4.12. The number of urea groups is 1. The number of H-pyrrole nitrogens is 1. The first-order chi connectivity index (χ1) is 16.3. The van der Waals surface area contributed by atoms with Crippen LogP contribution in [0.25, 0.3) is 22.0 Å². The molecule has 1 heterocycles. The Bertz CT molecular complexity index is 1330. The number of rotatable bonds is 7. The summed E-state index contributed by atoms with van der Waals surface area (Å²) in [7, 11) is 0. The molecule has 0 radical (unpaired) electrons. The van der Waals surface area contributed by atoms with Crippen molar-refractivity contribution in [2.45, 2.75) is 33.0 Å². The Hall–Kier alpha value is -3.95. The third kappa shape index (κ3) is 4.43. The fraction of sp³-hybridized carbons (Fsp3) is 0.200. The number of nitrogen functional groups attached to an aromatic ring is 1. The number of carbonyl (C=O) groups excluding carboxylic acids is 1. The molecule has 0 spiro atoms. The number of amides is 2. The maximum absolute atomic E-state index is 14.6. The second-order valence-electron chi connectivity index (χ2n) is 8.38. The summed E-state index contributed by atoms with van der Waals surface area (Å²) in [6, 6.07) is 15.0. The molecule has 0 unspecified atom stereocenters. The van der Waals surface area contributed by atoms with Gasteiger partial charge in [-0.05, 0) is 46.5 Å². The van der Waals surface area contributed by atoms with Gasteiger partial charge in [-0.1, -0.05) is 44.2 Å². The lowest BCUT2D eigenvalue weighted by Crippen LogP contribution is -2.32. The van der Waals surface area contributed by atoms with Crippen molar-refractivity contribution >= 4 is 34.1 Å². The molecule has 176 valence electrons.